The highest BCUT2D eigenvalue weighted by Crippen LogP contribution is 2.12. The van der Waals surface area contributed by atoms with Crippen molar-refractivity contribution < 1.29 is 4.74 Å². The molecule has 0 spiro atoms. The summed E-state index contributed by atoms with van der Waals surface area (Å²) in [6.45, 7) is 7.13. The molecule has 0 aliphatic heterocycles. The van der Waals surface area contributed by atoms with E-state index in [9.17, 15) is 0 Å². The highest BCUT2D eigenvalue weighted by Gasteiger charge is 2.01. The molecule has 2 rings (SSSR count). The lowest BCUT2D eigenvalue weighted by molar-refractivity contribution is 0.293. The van der Waals surface area contributed by atoms with E-state index in [4.69, 9.17) is 4.74 Å². The monoisotopic (exact) mass is 340 g/mol. The highest BCUT2D eigenvalue weighted by molar-refractivity contribution is 5.79. The third-order valence-electron chi connectivity index (χ3n) is 3.62. The lowest BCUT2D eigenvalue weighted by Crippen LogP contribution is -2.37. The van der Waals surface area contributed by atoms with Crippen molar-refractivity contribution in [2.45, 2.75) is 39.8 Å². The number of ether oxygens (including phenoxy) is 1. The number of guanidine groups is 1. The molecule has 0 amide bonds. The summed E-state index contributed by atoms with van der Waals surface area (Å²) in [7, 11) is 0. The van der Waals surface area contributed by atoms with E-state index in [0.29, 0.717) is 19.0 Å². The molecule has 0 aliphatic carbocycles. The van der Waals surface area contributed by atoms with Gasteiger partial charge in [0.2, 0.25) is 5.88 Å². The minimum atomic E-state index is 0.516. The fourth-order valence-electron chi connectivity index (χ4n) is 2.25. The molecule has 0 unspecified atom stereocenters. The van der Waals surface area contributed by atoms with Gasteiger partial charge in [0.15, 0.2) is 5.96 Å². The molecule has 2 aromatic rings. The molecule has 0 atom stereocenters. The van der Waals surface area contributed by atoms with E-state index >= 15 is 0 Å². The Bertz CT molecular complexity index is 643. The molecule has 0 fully saturated rings. The third kappa shape index (κ3) is 7.25. The molecule has 0 saturated heterocycles. The van der Waals surface area contributed by atoms with Crippen molar-refractivity contribution in [3.05, 3.63) is 59.8 Å². The lowest BCUT2D eigenvalue weighted by atomic mass is 10.2. The van der Waals surface area contributed by atoms with Crippen molar-refractivity contribution in [3.8, 4) is 5.88 Å². The Kier molecular flexibility index (Phi) is 8.32. The maximum atomic E-state index is 5.78. The molecular formula is C20H28N4O. The average Bonchev–Trinajstić information content (AvgIpc) is 2.66. The Morgan fingerprint density at radius 1 is 1.08 bits per heavy atom. The van der Waals surface area contributed by atoms with E-state index in [-0.39, 0.29) is 0 Å². The van der Waals surface area contributed by atoms with Crippen molar-refractivity contribution in [2.24, 2.45) is 4.99 Å². The molecule has 2 N–H and O–H groups in total. The second-order valence-corrected chi connectivity index (χ2v) is 5.75. The molecule has 25 heavy (non-hydrogen) atoms. The summed E-state index contributed by atoms with van der Waals surface area (Å²) in [5, 5.41) is 6.61. The topological polar surface area (TPSA) is 58.5 Å². The van der Waals surface area contributed by atoms with Gasteiger partial charge in [-0.25, -0.2) is 9.98 Å². The van der Waals surface area contributed by atoms with Gasteiger partial charge < -0.3 is 15.4 Å². The number of nitrogens with zero attached hydrogens (tertiary/aromatic N) is 2. The lowest BCUT2D eigenvalue weighted by Gasteiger charge is -2.11. The summed E-state index contributed by atoms with van der Waals surface area (Å²) in [4.78, 5) is 8.90. The number of hydrogen-bond acceptors (Lipinski definition) is 3. The van der Waals surface area contributed by atoms with Crippen LogP contribution in [0.15, 0.2) is 53.7 Å². The van der Waals surface area contributed by atoms with Gasteiger partial charge in [0.1, 0.15) is 6.61 Å². The van der Waals surface area contributed by atoms with Gasteiger partial charge in [-0.05, 0) is 30.5 Å². The van der Waals surface area contributed by atoms with Crippen LogP contribution < -0.4 is 15.4 Å². The van der Waals surface area contributed by atoms with Gasteiger partial charge in [-0.1, -0.05) is 43.7 Å². The summed E-state index contributed by atoms with van der Waals surface area (Å²) < 4.78 is 5.78. The van der Waals surface area contributed by atoms with Crippen molar-refractivity contribution >= 4 is 5.96 Å². The first-order chi connectivity index (χ1) is 12.3. The Labute approximate surface area is 150 Å². The van der Waals surface area contributed by atoms with Gasteiger partial charge in [0.05, 0.1) is 6.54 Å². The first-order valence-corrected chi connectivity index (χ1v) is 8.95. The van der Waals surface area contributed by atoms with Crippen LogP contribution >= 0.6 is 0 Å². The molecule has 1 heterocycles. The first kappa shape index (κ1) is 18.8. The van der Waals surface area contributed by atoms with E-state index in [1.54, 1.807) is 6.20 Å². The number of hydrogen-bond donors (Lipinski definition) is 2. The predicted octanol–water partition coefficient (Wildman–Crippen LogP) is 3.52. The Morgan fingerprint density at radius 3 is 2.68 bits per heavy atom. The summed E-state index contributed by atoms with van der Waals surface area (Å²) in [6, 6.07) is 14.0. The first-order valence-electron chi connectivity index (χ1n) is 8.95. The normalized spacial score (nSPS) is 11.2. The van der Waals surface area contributed by atoms with Crippen LogP contribution in [0, 0.1) is 0 Å². The molecule has 1 aromatic heterocycles. The van der Waals surface area contributed by atoms with Gasteiger partial charge in [0.25, 0.3) is 0 Å². The zero-order chi connectivity index (χ0) is 17.7. The Hall–Kier alpha value is -2.56. The Balaban J connectivity index is 1.91. The molecular weight excluding hydrogens is 312 g/mol. The molecule has 0 aliphatic rings. The van der Waals surface area contributed by atoms with Gasteiger partial charge in [-0.15, -0.1) is 0 Å². The molecule has 134 valence electrons. The smallest absolute Gasteiger partial charge is 0.213 e. The second-order valence-electron chi connectivity index (χ2n) is 5.75. The minimum Gasteiger partial charge on any atom is -0.473 e. The quantitative estimate of drug-likeness (QED) is 0.417. The Morgan fingerprint density at radius 2 is 1.92 bits per heavy atom. The number of aromatic nitrogens is 1. The van der Waals surface area contributed by atoms with Gasteiger partial charge in [-0.3, -0.25) is 0 Å². The molecule has 0 bridgehead atoms. The fourth-order valence-corrected chi connectivity index (χ4v) is 2.25. The molecule has 0 radical (unpaired) electrons. The predicted molar refractivity (Wildman–Crippen MR) is 103 cm³/mol. The standard InChI is InChI=1S/C20H28N4O/c1-3-5-12-23-20(21-4-2)24-15-18-11-13-22-19(14-18)25-16-17-9-7-6-8-10-17/h6-11,13-14H,3-5,12,15-16H2,1-2H3,(H2,21,23,24). The number of rotatable bonds is 9. The minimum absolute atomic E-state index is 0.516. The summed E-state index contributed by atoms with van der Waals surface area (Å²) in [5.41, 5.74) is 2.20. The third-order valence-corrected chi connectivity index (χ3v) is 3.62. The van der Waals surface area contributed by atoms with E-state index in [1.807, 2.05) is 42.5 Å². The van der Waals surface area contributed by atoms with E-state index < -0.39 is 0 Å². The molecule has 1 aromatic carbocycles. The largest absolute Gasteiger partial charge is 0.473 e. The second kappa shape index (κ2) is 11.1. The number of pyridine rings is 1. The molecule has 5 nitrogen and oxygen atoms in total. The molecule has 5 heteroatoms. The van der Waals surface area contributed by atoms with Crippen molar-refractivity contribution in [2.75, 3.05) is 13.1 Å². The van der Waals surface area contributed by atoms with Crippen molar-refractivity contribution in [1.29, 1.82) is 0 Å². The highest BCUT2D eigenvalue weighted by atomic mass is 16.5. The maximum Gasteiger partial charge on any atom is 0.213 e. The molecule has 0 saturated carbocycles. The summed E-state index contributed by atoms with van der Waals surface area (Å²) >= 11 is 0. The van der Waals surface area contributed by atoms with Crippen LogP contribution in [0.5, 0.6) is 5.88 Å². The number of aliphatic imine (C=N–C) groups is 1. The summed E-state index contributed by atoms with van der Waals surface area (Å²) in [5.74, 6) is 1.47. The van der Waals surface area contributed by atoms with Crippen LogP contribution in [0.4, 0.5) is 0 Å². The zero-order valence-electron chi connectivity index (χ0n) is 15.2. The van der Waals surface area contributed by atoms with Crippen molar-refractivity contribution in [3.63, 3.8) is 0 Å². The van der Waals surface area contributed by atoms with Gasteiger partial charge >= 0.3 is 0 Å². The van der Waals surface area contributed by atoms with E-state index in [0.717, 1.165) is 36.6 Å². The zero-order valence-corrected chi connectivity index (χ0v) is 15.2. The fraction of sp³-hybridized carbons (Fsp3) is 0.400. The van der Waals surface area contributed by atoms with Crippen LogP contribution in [0.2, 0.25) is 0 Å². The van der Waals surface area contributed by atoms with E-state index in [2.05, 4.69) is 34.5 Å². The number of benzene rings is 1. The maximum absolute atomic E-state index is 5.78. The van der Waals surface area contributed by atoms with Gasteiger partial charge in [-0.2, -0.15) is 0 Å². The van der Waals surface area contributed by atoms with Crippen LogP contribution in [-0.2, 0) is 13.2 Å². The van der Waals surface area contributed by atoms with Crippen LogP contribution in [-0.4, -0.2) is 24.0 Å². The van der Waals surface area contributed by atoms with Crippen LogP contribution in [0.1, 0.15) is 37.8 Å². The van der Waals surface area contributed by atoms with Gasteiger partial charge in [0, 0.05) is 25.4 Å². The SMILES string of the molecule is CCCCNC(=NCc1ccnc(OCc2ccccc2)c1)NCC. The van der Waals surface area contributed by atoms with Crippen LogP contribution in [0.3, 0.4) is 0 Å². The van der Waals surface area contributed by atoms with Crippen molar-refractivity contribution in [1.82, 2.24) is 15.6 Å². The van der Waals surface area contributed by atoms with Crippen LogP contribution in [0.25, 0.3) is 0 Å². The average molecular weight is 340 g/mol. The number of nitrogens with one attached hydrogen (secondary N) is 2. The summed E-state index contributed by atoms with van der Waals surface area (Å²) in [6.07, 6.45) is 4.07. The van der Waals surface area contributed by atoms with E-state index in [1.165, 1.54) is 6.42 Å². The number of unbranched alkanes of at least 4 members (excludes halogenated alkanes) is 1.